The van der Waals surface area contributed by atoms with Gasteiger partial charge in [-0.25, -0.2) is 4.79 Å². The number of nitrogens with one attached hydrogen (secondary N) is 1. The van der Waals surface area contributed by atoms with E-state index in [1.807, 2.05) is 63.2 Å². The number of rotatable bonds is 6. The first-order valence-electron chi connectivity index (χ1n) is 9.61. The molecule has 0 saturated carbocycles. The number of benzene rings is 2. The highest BCUT2D eigenvalue weighted by Gasteiger charge is 2.18. The largest absolute Gasteiger partial charge is 0.335 e. The van der Waals surface area contributed by atoms with Crippen molar-refractivity contribution in [1.29, 1.82) is 0 Å². The Morgan fingerprint density at radius 1 is 1.03 bits per heavy atom. The minimum Gasteiger partial charge on any atom is -0.335 e. The van der Waals surface area contributed by atoms with Gasteiger partial charge in [0.05, 0.1) is 17.6 Å². The van der Waals surface area contributed by atoms with Gasteiger partial charge in [0.1, 0.15) is 6.54 Å². The monoisotopic (exact) mass is 394 g/mol. The van der Waals surface area contributed by atoms with Gasteiger partial charge in [-0.15, -0.1) is 0 Å². The van der Waals surface area contributed by atoms with Gasteiger partial charge in [-0.1, -0.05) is 24.3 Å². The summed E-state index contributed by atoms with van der Waals surface area (Å²) in [7, 11) is 1.56. The summed E-state index contributed by atoms with van der Waals surface area (Å²) in [6.07, 6.45) is 0. The number of nitrogens with zero attached hydrogens (tertiary/aromatic N) is 3. The van der Waals surface area contributed by atoms with Crippen LogP contribution in [0.1, 0.15) is 18.1 Å². The van der Waals surface area contributed by atoms with Crippen molar-refractivity contribution in [3.8, 4) is 0 Å². The molecule has 3 rings (SSSR count). The zero-order valence-electron chi connectivity index (χ0n) is 17.2. The van der Waals surface area contributed by atoms with Gasteiger partial charge in [-0.2, -0.15) is 0 Å². The summed E-state index contributed by atoms with van der Waals surface area (Å²) < 4.78 is 3.09. The average Bonchev–Trinajstić information content (AvgIpc) is 2.95. The van der Waals surface area contributed by atoms with Crippen molar-refractivity contribution in [2.24, 2.45) is 0 Å². The van der Waals surface area contributed by atoms with E-state index in [0.29, 0.717) is 12.1 Å². The topological polar surface area (TPSA) is 76.3 Å². The lowest BCUT2D eigenvalue weighted by Crippen LogP contribution is -2.38. The number of hydrogen-bond donors (Lipinski definition) is 1. The Bertz CT molecular complexity index is 1130. The summed E-state index contributed by atoms with van der Waals surface area (Å²) in [5.74, 6) is -0.583. The highest BCUT2D eigenvalue weighted by atomic mass is 16.2. The second-order valence-corrected chi connectivity index (χ2v) is 7.22. The van der Waals surface area contributed by atoms with Crippen molar-refractivity contribution in [2.45, 2.75) is 33.9 Å². The number of aromatic nitrogens is 2. The van der Waals surface area contributed by atoms with Crippen molar-refractivity contribution in [3.63, 3.8) is 0 Å². The molecule has 0 atom stereocenters. The molecule has 0 bridgehead atoms. The second-order valence-electron chi connectivity index (χ2n) is 7.22. The van der Waals surface area contributed by atoms with Gasteiger partial charge in [-0.05, 0) is 50.1 Å². The molecule has 0 spiro atoms. The van der Waals surface area contributed by atoms with Gasteiger partial charge < -0.3 is 10.2 Å². The Hall–Kier alpha value is -3.35. The fraction of sp³-hybridized carbons (Fsp3) is 0.318. The fourth-order valence-electron chi connectivity index (χ4n) is 3.35. The molecule has 7 nitrogen and oxygen atoms in total. The predicted molar refractivity (Wildman–Crippen MR) is 114 cm³/mol. The quantitative estimate of drug-likeness (QED) is 0.698. The van der Waals surface area contributed by atoms with Crippen LogP contribution in [0.4, 0.5) is 5.69 Å². The number of fused-ring (bicyclic) bond motifs is 1. The number of para-hydroxylation sites is 2. The number of amides is 2. The van der Waals surface area contributed by atoms with Gasteiger partial charge >= 0.3 is 5.69 Å². The van der Waals surface area contributed by atoms with E-state index in [1.54, 1.807) is 11.6 Å². The molecule has 2 aromatic carbocycles. The van der Waals surface area contributed by atoms with E-state index in [2.05, 4.69) is 5.32 Å². The zero-order chi connectivity index (χ0) is 21.1. The molecule has 7 heteroatoms. The molecule has 1 aromatic heterocycles. The van der Waals surface area contributed by atoms with E-state index < -0.39 is 0 Å². The summed E-state index contributed by atoms with van der Waals surface area (Å²) in [5.41, 5.74) is 4.01. The molecule has 1 heterocycles. The highest BCUT2D eigenvalue weighted by molar-refractivity contribution is 5.95. The van der Waals surface area contributed by atoms with Crippen LogP contribution in [-0.2, 0) is 22.7 Å². The number of likely N-dealkylation sites (N-methyl/N-ethyl adjacent to an activating group) is 1. The summed E-state index contributed by atoms with van der Waals surface area (Å²) in [4.78, 5) is 39.1. The van der Waals surface area contributed by atoms with E-state index >= 15 is 0 Å². The number of anilines is 1. The lowest BCUT2D eigenvalue weighted by molar-refractivity contribution is -0.133. The first-order chi connectivity index (χ1) is 13.8. The van der Waals surface area contributed by atoms with Crippen LogP contribution < -0.4 is 11.0 Å². The molecule has 0 unspecified atom stereocenters. The van der Waals surface area contributed by atoms with Gasteiger partial charge in [-0.3, -0.25) is 18.7 Å². The van der Waals surface area contributed by atoms with Crippen LogP contribution in [0.25, 0.3) is 11.0 Å². The normalized spacial score (nSPS) is 10.9. The summed E-state index contributed by atoms with van der Waals surface area (Å²) in [5, 5.41) is 2.85. The number of hydrogen-bond acceptors (Lipinski definition) is 3. The predicted octanol–water partition coefficient (Wildman–Crippen LogP) is 2.54. The number of aryl methyl sites for hydroxylation is 3. The second kappa shape index (κ2) is 8.34. The van der Waals surface area contributed by atoms with E-state index in [9.17, 15) is 14.4 Å². The molecular weight excluding hydrogens is 368 g/mol. The van der Waals surface area contributed by atoms with Gasteiger partial charge in [0.25, 0.3) is 0 Å². The van der Waals surface area contributed by atoms with Crippen LogP contribution >= 0.6 is 0 Å². The first-order valence-corrected chi connectivity index (χ1v) is 9.61. The van der Waals surface area contributed by atoms with Gasteiger partial charge in [0, 0.05) is 19.3 Å². The van der Waals surface area contributed by atoms with Crippen LogP contribution in [0.3, 0.4) is 0 Å². The van der Waals surface area contributed by atoms with Gasteiger partial charge in [0.15, 0.2) is 0 Å². The van der Waals surface area contributed by atoms with Crippen molar-refractivity contribution in [3.05, 3.63) is 64.1 Å². The van der Waals surface area contributed by atoms with Crippen molar-refractivity contribution in [2.75, 3.05) is 18.9 Å². The number of carbonyl (C=O) groups is 2. The molecule has 3 aromatic rings. The van der Waals surface area contributed by atoms with Crippen LogP contribution in [0.15, 0.2) is 47.3 Å². The minimum atomic E-state index is -0.303. The average molecular weight is 394 g/mol. The summed E-state index contributed by atoms with van der Waals surface area (Å²) in [6, 6.07) is 13.2. The fourth-order valence-corrected chi connectivity index (χ4v) is 3.35. The van der Waals surface area contributed by atoms with E-state index in [4.69, 9.17) is 0 Å². The molecule has 1 N–H and O–H groups in total. The zero-order valence-corrected chi connectivity index (χ0v) is 17.2. The van der Waals surface area contributed by atoms with Crippen molar-refractivity contribution >= 4 is 28.5 Å². The number of imidazole rings is 1. The maximum Gasteiger partial charge on any atom is 0.329 e. The van der Waals surface area contributed by atoms with Crippen molar-refractivity contribution < 1.29 is 9.59 Å². The SMILES string of the molecule is CCn1c(=O)n(CC(=O)N(C)CC(=O)Nc2cc(C)ccc2C)c2ccccc21. The Morgan fingerprint density at radius 3 is 2.34 bits per heavy atom. The standard InChI is InChI=1S/C22H26N4O3/c1-5-25-18-8-6-7-9-19(18)26(22(25)29)14-21(28)24(4)13-20(27)23-17-12-15(2)10-11-16(17)3/h6-12H,5,13-14H2,1-4H3,(H,23,27). The molecular formula is C22H26N4O3. The number of carbonyl (C=O) groups excluding carboxylic acids is 2. The Balaban J connectivity index is 1.72. The lowest BCUT2D eigenvalue weighted by Gasteiger charge is -2.18. The van der Waals surface area contributed by atoms with Crippen LogP contribution in [0.2, 0.25) is 0 Å². The smallest absolute Gasteiger partial charge is 0.329 e. The van der Waals surface area contributed by atoms with Crippen LogP contribution in [0, 0.1) is 13.8 Å². The van der Waals surface area contributed by atoms with Gasteiger partial charge in [0.2, 0.25) is 11.8 Å². The molecule has 0 aliphatic rings. The maximum atomic E-state index is 12.7. The summed E-state index contributed by atoms with van der Waals surface area (Å²) in [6.45, 7) is 6.08. The molecule has 0 saturated heterocycles. The third kappa shape index (κ3) is 4.23. The molecule has 0 aliphatic heterocycles. The van der Waals surface area contributed by atoms with Crippen molar-refractivity contribution in [1.82, 2.24) is 14.0 Å². The molecule has 0 aliphatic carbocycles. The van der Waals surface area contributed by atoms with E-state index in [1.165, 1.54) is 9.47 Å². The highest BCUT2D eigenvalue weighted by Crippen LogP contribution is 2.16. The Labute approximate surface area is 169 Å². The Kier molecular flexibility index (Phi) is 5.87. The molecule has 152 valence electrons. The third-order valence-electron chi connectivity index (χ3n) is 5.01. The Morgan fingerprint density at radius 2 is 1.69 bits per heavy atom. The third-order valence-corrected chi connectivity index (χ3v) is 5.01. The van der Waals surface area contributed by atoms with E-state index in [-0.39, 0.29) is 30.6 Å². The van der Waals surface area contributed by atoms with E-state index in [0.717, 1.165) is 22.3 Å². The van der Waals surface area contributed by atoms with Crippen LogP contribution in [-0.4, -0.2) is 39.4 Å². The molecule has 29 heavy (non-hydrogen) atoms. The lowest BCUT2D eigenvalue weighted by atomic mass is 10.1. The molecule has 0 radical (unpaired) electrons. The minimum absolute atomic E-state index is 0.0899. The summed E-state index contributed by atoms with van der Waals surface area (Å²) >= 11 is 0. The molecule has 0 fully saturated rings. The van der Waals surface area contributed by atoms with Crippen LogP contribution in [0.5, 0.6) is 0 Å². The maximum absolute atomic E-state index is 12.7. The first kappa shape index (κ1) is 20.4. The molecule has 2 amide bonds.